The van der Waals surface area contributed by atoms with Gasteiger partial charge in [-0.2, -0.15) is 0 Å². The van der Waals surface area contributed by atoms with Crippen LogP contribution in [-0.2, 0) is 9.53 Å². The number of carbonyl (C=O) groups excluding carboxylic acids is 2. The molecule has 0 aromatic heterocycles. The standard InChI is InChI=1S/C23H22N2O3/c26-22(25-12-13-28-21(16-25)18-7-2-1-3-8-18)15-24-23(27)20-11-10-17-6-4-5-9-19(17)14-20/h1-11,14,21H,12-13,15-16H2,(H,24,27). The van der Waals surface area contributed by atoms with Crippen LogP contribution in [0.25, 0.3) is 10.8 Å². The highest BCUT2D eigenvalue weighted by molar-refractivity contribution is 6.00. The van der Waals surface area contributed by atoms with E-state index >= 15 is 0 Å². The fourth-order valence-corrected chi connectivity index (χ4v) is 3.45. The van der Waals surface area contributed by atoms with Gasteiger partial charge in [0.25, 0.3) is 5.91 Å². The molecule has 0 saturated carbocycles. The van der Waals surface area contributed by atoms with Crippen molar-refractivity contribution in [2.75, 3.05) is 26.2 Å². The lowest BCUT2D eigenvalue weighted by atomic mass is 10.1. The number of ether oxygens (including phenoxy) is 1. The van der Waals surface area contributed by atoms with Crippen molar-refractivity contribution in [3.63, 3.8) is 0 Å². The highest BCUT2D eigenvalue weighted by Gasteiger charge is 2.25. The van der Waals surface area contributed by atoms with Gasteiger partial charge in [0, 0.05) is 12.1 Å². The van der Waals surface area contributed by atoms with Crippen molar-refractivity contribution in [3.8, 4) is 0 Å². The molecule has 1 saturated heterocycles. The van der Waals surface area contributed by atoms with Crippen molar-refractivity contribution in [1.29, 1.82) is 0 Å². The van der Waals surface area contributed by atoms with Crippen molar-refractivity contribution in [3.05, 3.63) is 83.9 Å². The quantitative estimate of drug-likeness (QED) is 0.763. The fourth-order valence-electron chi connectivity index (χ4n) is 3.45. The average molecular weight is 374 g/mol. The minimum atomic E-state index is -0.244. The van der Waals surface area contributed by atoms with Gasteiger partial charge in [-0.3, -0.25) is 9.59 Å². The van der Waals surface area contributed by atoms with Gasteiger partial charge < -0.3 is 15.0 Å². The van der Waals surface area contributed by atoms with E-state index < -0.39 is 0 Å². The Labute approximate surface area is 163 Å². The van der Waals surface area contributed by atoms with Crippen molar-refractivity contribution >= 4 is 22.6 Å². The van der Waals surface area contributed by atoms with Crippen LogP contribution in [0.4, 0.5) is 0 Å². The Morgan fingerprint density at radius 1 is 0.964 bits per heavy atom. The smallest absolute Gasteiger partial charge is 0.251 e. The first kappa shape index (κ1) is 18.2. The Morgan fingerprint density at radius 3 is 2.54 bits per heavy atom. The average Bonchev–Trinajstić information content (AvgIpc) is 2.77. The van der Waals surface area contributed by atoms with Crippen LogP contribution < -0.4 is 5.32 Å². The molecule has 28 heavy (non-hydrogen) atoms. The largest absolute Gasteiger partial charge is 0.370 e. The van der Waals surface area contributed by atoms with E-state index in [1.807, 2.05) is 66.7 Å². The molecule has 3 aromatic rings. The highest BCUT2D eigenvalue weighted by atomic mass is 16.5. The summed E-state index contributed by atoms with van der Waals surface area (Å²) in [5.74, 6) is -0.342. The third-order valence-corrected chi connectivity index (χ3v) is 5.00. The van der Waals surface area contributed by atoms with Crippen molar-refractivity contribution in [1.82, 2.24) is 10.2 Å². The van der Waals surface area contributed by atoms with E-state index in [9.17, 15) is 9.59 Å². The van der Waals surface area contributed by atoms with Crippen LogP contribution in [-0.4, -0.2) is 43.0 Å². The molecule has 5 heteroatoms. The molecule has 5 nitrogen and oxygen atoms in total. The van der Waals surface area contributed by atoms with Crippen LogP contribution >= 0.6 is 0 Å². The van der Waals surface area contributed by atoms with Crippen molar-refractivity contribution in [2.45, 2.75) is 6.10 Å². The molecule has 1 heterocycles. The van der Waals surface area contributed by atoms with E-state index in [-0.39, 0.29) is 24.5 Å². The predicted molar refractivity (Wildman–Crippen MR) is 108 cm³/mol. The number of hydrogen-bond acceptors (Lipinski definition) is 3. The first-order chi connectivity index (χ1) is 13.7. The molecule has 0 spiro atoms. The summed E-state index contributed by atoms with van der Waals surface area (Å²) in [6.45, 7) is 1.50. The molecule has 0 bridgehead atoms. The Hall–Kier alpha value is -3.18. The predicted octanol–water partition coefficient (Wildman–Crippen LogP) is 3.17. The Morgan fingerprint density at radius 2 is 1.71 bits per heavy atom. The molecular weight excluding hydrogens is 352 g/mol. The summed E-state index contributed by atoms with van der Waals surface area (Å²) < 4.78 is 5.80. The number of benzene rings is 3. The Bertz CT molecular complexity index is 987. The minimum Gasteiger partial charge on any atom is -0.370 e. The van der Waals surface area contributed by atoms with Crippen molar-refractivity contribution in [2.24, 2.45) is 0 Å². The third-order valence-electron chi connectivity index (χ3n) is 5.00. The van der Waals surface area contributed by atoms with E-state index in [2.05, 4.69) is 5.32 Å². The van der Waals surface area contributed by atoms with Gasteiger partial charge in [-0.15, -0.1) is 0 Å². The van der Waals surface area contributed by atoms with Gasteiger partial charge in [0.05, 0.1) is 19.7 Å². The van der Waals surface area contributed by atoms with E-state index in [1.165, 1.54) is 0 Å². The number of carbonyl (C=O) groups is 2. The molecule has 3 aromatic carbocycles. The molecule has 1 aliphatic rings. The maximum Gasteiger partial charge on any atom is 0.251 e. The van der Waals surface area contributed by atoms with Crippen LogP contribution in [0.1, 0.15) is 22.0 Å². The number of fused-ring (bicyclic) bond motifs is 1. The third kappa shape index (κ3) is 4.05. The first-order valence-corrected chi connectivity index (χ1v) is 9.42. The van der Waals surface area contributed by atoms with E-state index in [1.54, 1.807) is 11.0 Å². The lowest BCUT2D eigenvalue weighted by Gasteiger charge is -2.33. The summed E-state index contributed by atoms with van der Waals surface area (Å²) in [5, 5.41) is 4.82. The summed E-state index contributed by atoms with van der Waals surface area (Å²) in [5.41, 5.74) is 1.61. The van der Waals surface area contributed by atoms with E-state index in [0.717, 1.165) is 16.3 Å². The molecule has 1 unspecified atom stereocenters. The number of amides is 2. The minimum absolute atomic E-state index is 0.0207. The van der Waals surface area contributed by atoms with Gasteiger partial charge in [-0.1, -0.05) is 60.7 Å². The Balaban J connectivity index is 1.36. The molecule has 1 atom stereocenters. The van der Waals surface area contributed by atoms with Gasteiger partial charge in [0.1, 0.15) is 6.10 Å². The zero-order valence-corrected chi connectivity index (χ0v) is 15.5. The molecular formula is C23H22N2O3. The van der Waals surface area contributed by atoms with Crippen LogP contribution in [0, 0.1) is 0 Å². The summed E-state index contributed by atoms with van der Waals surface area (Å²) in [6.07, 6.45) is -0.130. The van der Waals surface area contributed by atoms with Gasteiger partial charge in [0.15, 0.2) is 0 Å². The Kier molecular flexibility index (Phi) is 5.35. The maximum atomic E-state index is 12.6. The van der Waals surface area contributed by atoms with E-state index in [0.29, 0.717) is 25.3 Å². The molecule has 0 aliphatic carbocycles. The summed E-state index contributed by atoms with van der Waals surface area (Å²) in [4.78, 5) is 26.8. The fraction of sp³-hybridized carbons (Fsp3) is 0.217. The number of rotatable bonds is 4. The van der Waals surface area contributed by atoms with E-state index in [4.69, 9.17) is 4.74 Å². The molecule has 1 aliphatic heterocycles. The van der Waals surface area contributed by atoms with Crippen LogP contribution in [0.3, 0.4) is 0 Å². The van der Waals surface area contributed by atoms with Gasteiger partial charge in [-0.05, 0) is 28.5 Å². The molecule has 4 rings (SSSR count). The topological polar surface area (TPSA) is 58.6 Å². The van der Waals surface area contributed by atoms with Gasteiger partial charge in [-0.25, -0.2) is 0 Å². The van der Waals surface area contributed by atoms with Crippen LogP contribution in [0.2, 0.25) is 0 Å². The number of hydrogen-bond donors (Lipinski definition) is 1. The summed E-state index contributed by atoms with van der Waals surface area (Å²) >= 11 is 0. The molecule has 0 radical (unpaired) electrons. The SMILES string of the molecule is O=C(NCC(=O)N1CCOC(c2ccccc2)C1)c1ccc2ccccc2c1. The summed E-state index contributed by atoms with van der Waals surface area (Å²) in [7, 11) is 0. The van der Waals surface area contributed by atoms with Crippen molar-refractivity contribution < 1.29 is 14.3 Å². The zero-order chi connectivity index (χ0) is 19.3. The lowest BCUT2D eigenvalue weighted by Crippen LogP contribution is -2.46. The van der Waals surface area contributed by atoms with Crippen LogP contribution in [0.15, 0.2) is 72.8 Å². The number of nitrogens with zero attached hydrogens (tertiary/aromatic N) is 1. The second kappa shape index (κ2) is 8.23. The molecule has 2 amide bonds. The van der Waals surface area contributed by atoms with Crippen LogP contribution in [0.5, 0.6) is 0 Å². The summed E-state index contributed by atoms with van der Waals surface area (Å²) in [6, 6.07) is 23.3. The first-order valence-electron chi connectivity index (χ1n) is 9.42. The normalized spacial score (nSPS) is 16.7. The second-order valence-corrected chi connectivity index (χ2v) is 6.85. The lowest BCUT2D eigenvalue weighted by molar-refractivity contribution is -0.137. The highest BCUT2D eigenvalue weighted by Crippen LogP contribution is 2.22. The molecule has 1 N–H and O–H groups in total. The molecule has 1 fully saturated rings. The number of nitrogens with one attached hydrogen (secondary N) is 1. The second-order valence-electron chi connectivity index (χ2n) is 6.85. The van der Waals surface area contributed by atoms with Gasteiger partial charge >= 0.3 is 0 Å². The van der Waals surface area contributed by atoms with Gasteiger partial charge in [0.2, 0.25) is 5.91 Å². The monoisotopic (exact) mass is 374 g/mol. The number of morpholine rings is 1. The molecule has 142 valence electrons. The zero-order valence-electron chi connectivity index (χ0n) is 15.5. The maximum absolute atomic E-state index is 12.6.